The quantitative estimate of drug-likeness (QED) is 0.209. The predicted octanol–water partition coefficient (Wildman–Crippen LogP) is 4.00. The van der Waals surface area contributed by atoms with E-state index in [4.69, 9.17) is 4.98 Å². The summed E-state index contributed by atoms with van der Waals surface area (Å²) in [6.45, 7) is -0.163. The monoisotopic (exact) mass is 580 g/mol. The van der Waals surface area contributed by atoms with Gasteiger partial charge in [0.15, 0.2) is 17.2 Å². The number of phenolic OH excluding ortho intramolecular Hbond substituents is 3. The van der Waals surface area contributed by atoms with E-state index in [0.717, 1.165) is 23.3 Å². The Kier molecular flexibility index (Phi) is 6.77. The van der Waals surface area contributed by atoms with Gasteiger partial charge >= 0.3 is 0 Å². The van der Waals surface area contributed by atoms with Crippen molar-refractivity contribution in [3.63, 3.8) is 0 Å². The highest BCUT2D eigenvalue weighted by Gasteiger charge is 2.43. The van der Waals surface area contributed by atoms with E-state index >= 15 is 0 Å². The normalized spacial score (nSPS) is 16.5. The van der Waals surface area contributed by atoms with Crippen molar-refractivity contribution >= 4 is 22.2 Å². The van der Waals surface area contributed by atoms with Crippen LogP contribution < -0.4 is 9.73 Å². The summed E-state index contributed by atoms with van der Waals surface area (Å²) in [6.07, 6.45) is 1.33. The summed E-state index contributed by atoms with van der Waals surface area (Å²) in [5, 5.41) is 45.1. The van der Waals surface area contributed by atoms with Gasteiger partial charge in [-0.3, -0.25) is 0 Å². The lowest BCUT2D eigenvalue weighted by Crippen LogP contribution is -2.50. The highest BCUT2D eigenvalue weighted by Crippen LogP contribution is 2.40. The molecule has 0 saturated carbocycles. The predicted molar refractivity (Wildman–Crippen MR) is 156 cm³/mol. The SMILES string of the molecule is O=S(=O)(NC1(c2cc(O)c(O)c(O)c2)C=NN(c2nnc(-c3ccccc3)c(-c3ccccc3)n2)C1)c1ccccc1. The molecule has 0 amide bonds. The fraction of sp³-hybridized carbons (Fsp3) is 0.0667. The molecule has 0 radical (unpaired) electrons. The number of nitrogens with zero attached hydrogens (tertiary/aromatic N) is 5. The van der Waals surface area contributed by atoms with Gasteiger partial charge in [-0.1, -0.05) is 78.9 Å². The first-order chi connectivity index (χ1) is 20.3. The first-order valence-corrected chi connectivity index (χ1v) is 14.3. The molecule has 1 aliphatic heterocycles. The van der Waals surface area contributed by atoms with Crippen LogP contribution >= 0.6 is 0 Å². The van der Waals surface area contributed by atoms with E-state index in [1.54, 1.807) is 18.2 Å². The first kappa shape index (κ1) is 26.9. The summed E-state index contributed by atoms with van der Waals surface area (Å²) in [4.78, 5) is 4.79. The van der Waals surface area contributed by atoms with E-state index in [1.165, 1.54) is 23.4 Å². The van der Waals surface area contributed by atoms with Crippen LogP contribution in [-0.4, -0.2) is 51.7 Å². The third-order valence-corrected chi connectivity index (χ3v) is 8.30. The van der Waals surface area contributed by atoms with Gasteiger partial charge in [-0.25, -0.2) is 18.4 Å². The van der Waals surface area contributed by atoms with E-state index in [9.17, 15) is 23.7 Å². The number of aromatic nitrogens is 3. The van der Waals surface area contributed by atoms with Crippen LogP contribution in [0.3, 0.4) is 0 Å². The van der Waals surface area contributed by atoms with Crippen LogP contribution in [0.2, 0.25) is 0 Å². The second-order valence-corrected chi connectivity index (χ2v) is 11.3. The van der Waals surface area contributed by atoms with Crippen molar-refractivity contribution in [2.75, 3.05) is 11.6 Å². The fourth-order valence-electron chi connectivity index (χ4n) is 4.67. The number of rotatable bonds is 7. The number of benzene rings is 4. The summed E-state index contributed by atoms with van der Waals surface area (Å²) in [7, 11) is -4.14. The van der Waals surface area contributed by atoms with Crippen molar-refractivity contribution in [3.05, 3.63) is 109 Å². The number of nitrogens with one attached hydrogen (secondary N) is 1. The van der Waals surface area contributed by atoms with E-state index in [-0.39, 0.29) is 23.0 Å². The molecule has 0 bridgehead atoms. The molecule has 1 aliphatic rings. The van der Waals surface area contributed by atoms with Crippen molar-refractivity contribution < 1.29 is 23.7 Å². The average molecular weight is 581 g/mol. The van der Waals surface area contributed by atoms with Crippen LogP contribution in [0.5, 0.6) is 17.2 Å². The molecule has 0 saturated heterocycles. The minimum Gasteiger partial charge on any atom is -0.504 e. The lowest BCUT2D eigenvalue weighted by Gasteiger charge is -2.29. The molecule has 1 unspecified atom stereocenters. The zero-order valence-corrected chi connectivity index (χ0v) is 22.7. The molecule has 42 heavy (non-hydrogen) atoms. The maximum Gasteiger partial charge on any atom is 0.266 e. The molecule has 5 aromatic rings. The molecule has 1 aromatic heterocycles. The zero-order valence-electron chi connectivity index (χ0n) is 21.9. The van der Waals surface area contributed by atoms with Gasteiger partial charge in [0.2, 0.25) is 10.0 Å². The Morgan fingerprint density at radius 3 is 1.88 bits per heavy atom. The standard InChI is InChI=1S/C30H24N6O5S/c37-24-16-22(17-25(38)28(24)39)30(35-42(40,41)23-14-8-3-9-15-23)18-31-36(19-30)29-32-26(20-10-4-1-5-11-20)27(33-34-29)21-12-6-2-7-13-21/h1-18,35,37-39H,19H2. The molecule has 0 spiro atoms. The lowest BCUT2D eigenvalue weighted by molar-refractivity contribution is 0.365. The molecule has 0 aliphatic carbocycles. The molecular formula is C30H24N6O5S. The first-order valence-electron chi connectivity index (χ1n) is 12.8. The van der Waals surface area contributed by atoms with E-state index in [1.807, 2.05) is 60.7 Å². The van der Waals surface area contributed by atoms with Crippen LogP contribution in [0.15, 0.2) is 113 Å². The van der Waals surface area contributed by atoms with E-state index < -0.39 is 32.8 Å². The van der Waals surface area contributed by atoms with Crippen LogP contribution in [-0.2, 0) is 15.6 Å². The van der Waals surface area contributed by atoms with E-state index in [0.29, 0.717) is 11.4 Å². The maximum absolute atomic E-state index is 13.5. The van der Waals surface area contributed by atoms with Gasteiger partial charge in [-0.15, -0.1) is 10.2 Å². The summed E-state index contributed by atoms with van der Waals surface area (Å²) >= 11 is 0. The molecule has 2 heterocycles. The summed E-state index contributed by atoms with van der Waals surface area (Å²) in [5.74, 6) is -1.90. The number of hydrazone groups is 1. The van der Waals surface area contributed by atoms with Crippen molar-refractivity contribution in [1.82, 2.24) is 19.9 Å². The topological polar surface area (TPSA) is 161 Å². The second-order valence-electron chi connectivity index (χ2n) is 9.60. The Hall–Kier alpha value is -5.33. The molecule has 0 fully saturated rings. The number of hydrogen-bond acceptors (Lipinski definition) is 10. The fourth-order valence-corrected chi connectivity index (χ4v) is 6.01. The van der Waals surface area contributed by atoms with Gasteiger partial charge in [0.25, 0.3) is 5.95 Å². The molecule has 4 aromatic carbocycles. The summed E-state index contributed by atoms with van der Waals surface area (Å²) in [5.41, 5.74) is 1.22. The number of phenols is 3. The molecule has 210 valence electrons. The zero-order chi connectivity index (χ0) is 29.3. The van der Waals surface area contributed by atoms with Crippen LogP contribution in [0, 0.1) is 0 Å². The maximum atomic E-state index is 13.5. The number of sulfonamides is 1. The van der Waals surface area contributed by atoms with Gasteiger partial charge in [-0.05, 0) is 29.8 Å². The number of aromatic hydroxyl groups is 3. The van der Waals surface area contributed by atoms with Crippen molar-refractivity contribution in [2.24, 2.45) is 5.10 Å². The molecule has 11 nitrogen and oxygen atoms in total. The Morgan fingerprint density at radius 2 is 1.29 bits per heavy atom. The van der Waals surface area contributed by atoms with Crippen LogP contribution in [0.25, 0.3) is 22.5 Å². The average Bonchev–Trinajstić information content (AvgIpc) is 3.45. The highest BCUT2D eigenvalue weighted by atomic mass is 32.2. The van der Waals surface area contributed by atoms with E-state index in [2.05, 4.69) is 20.0 Å². The Labute approximate surface area is 241 Å². The second kappa shape index (κ2) is 10.6. The van der Waals surface area contributed by atoms with Gasteiger partial charge in [0, 0.05) is 11.1 Å². The van der Waals surface area contributed by atoms with Crippen LogP contribution in [0.4, 0.5) is 5.95 Å². The van der Waals surface area contributed by atoms with Gasteiger partial charge in [0.05, 0.1) is 17.7 Å². The Balaban J connectivity index is 1.44. The van der Waals surface area contributed by atoms with Gasteiger partial charge in [0.1, 0.15) is 16.9 Å². The van der Waals surface area contributed by atoms with Crippen molar-refractivity contribution in [3.8, 4) is 39.8 Å². The minimum absolute atomic E-state index is 0.0000539. The number of anilines is 1. The molecule has 4 N–H and O–H groups in total. The molecule has 1 atom stereocenters. The third-order valence-electron chi connectivity index (χ3n) is 6.77. The molecule has 6 rings (SSSR count). The van der Waals surface area contributed by atoms with Gasteiger partial charge in [-0.2, -0.15) is 9.82 Å². The van der Waals surface area contributed by atoms with Gasteiger partial charge < -0.3 is 15.3 Å². The van der Waals surface area contributed by atoms with Crippen LogP contribution in [0.1, 0.15) is 5.56 Å². The third kappa shape index (κ3) is 5.00. The Bertz CT molecular complexity index is 1870. The lowest BCUT2D eigenvalue weighted by atomic mass is 9.92. The smallest absolute Gasteiger partial charge is 0.266 e. The highest BCUT2D eigenvalue weighted by molar-refractivity contribution is 7.89. The largest absolute Gasteiger partial charge is 0.504 e. The number of hydrogen-bond donors (Lipinski definition) is 4. The van der Waals surface area contributed by atoms with Crippen molar-refractivity contribution in [1.29, 1.82) is 0 Å². The molecular weight excluding hydrogens is 556 g/mol. The molecule has 12 heteroatoms. The Morgan fingerprint density at radius 1 is 0.738 bits per heavy atom. The van der Waals surface area contributed by atoms with Crippen molar-refractivity contribution in [2.45, 2.75) is 10.4 Å². The summed E-state index contributed by atoms with van der Waals surface area (Å²) < 4.78 is 29.6. The summed E-state index contributed by atoms with van der Waals surface area (Å²) in [6, 6.07) is 29.0. The minimum atomic E-state index is -4.14.